The minimum atomic E-state index is -0.268. The number of furan rings is 1. The minimum absolute atomic E-state index is 0.232. The lowest BCUT2D eigenvalue weighted by Crippen LogP contribution is -2.29. The maximum atomic E-state index is 13.5. The van der Waals surface area contributed by atoms with Gasteiger partial charge in [0.2, 0.25) is 5.95 Å². The molecular weight excluding hydrogens is 1690 g/mol. The van der Waals surface area contributed by atoms with Gasteiger partial charge in [-0.2, -0.15) is 0 Å². The van der Waals surface area contributed by atoms with Crippen LogP contribution < -0.4 is 11.1 Å². The van der Waals surface area contributed by atoms with E-state index < -0.39 is 0 Å². The Morgan fingerprint density at radius 2 is 0.679 bits per heavy atom. The number of benzene rings is 5. The second-order valence-corrected chi connectivity index (χ2v) is 34.7. The normalized spacial score (nSPS) is 14.6. The summed E-state index contributed by atoms with van der Waals surface area (Å²) in [6.45, 7) is 4.67. The molecule has 0 atom stereocenters. The largest absolute Gasteiger partial charge is 0.472 e. The number of hydrogen-bond acceptors (Lipinski definition) is 14. The molecule has 674 valence electrons. The van der Waals surface area contributed by atoms with Crippen LogP contribution in [0.1, 0.15) is 145 Å². The summed E-state index contributed by atoms with van der Waals surface area (Å²) in [5.41, 5.74) is 30.4. The zero-order valence-corrected chi connectivity index (χ0v) is 74.0. The average Bonchev–Trinajstić information content (AvgIpc) is 1.59. The predicted octanol–water partition coefficient (Wildman–Crippen LogP) is 25.0. The maximum absolute atomic E-state index is 13.5. The fourth-order valence-electron chi connectivity index (χ4n) is 19.6. The maximum Gasteiger partial charge on any atom is 0.220 e. The van der Waals surface area contributed by atoms with Crippen LogP contribution in [0.25, 0.3) is 157 Å². The average molecular weight is 1790 g/mol. The number of nitrogens with zero attached hydrogens (tertiary/aromatic N) is 16. The van der Waals surface area contributed by atoms with Crippen LogP contribution in [0, 0.1) is 36.0 Å². The molecule has 15 aromatic heterocycles. The van der Waals surface area contributed by atoms with Crippen molar-refractivity contribution in [2.45, 2.75) is 147 Å². The fourth-order valence-corrected chi connectivity index (χ4v) is 19.6. The van der Waals surface area contributed by atoms with E-state index in [0.717, 1.165) is 207 Å². The molecule has 0 spiro atoms. The van der Waals surface area contributed by atoms with Crippen molar-refractivity contribution in [3.05, 3.63) is 316 Å². The minimum Gasteiger partial charge on any atom is -0.472 e. The lowest BCUT2D eigenvalue weighted by molar-refractivity contribution is 0.355. The van der Waals surface area contributed by atoms with E-state index in [-0.39, 0.29) is 35.0 Å². The lowest BCUT2D eigenvalue weighted by atomic mass is 9.94. The summed E-state index contributed by atoms with van der Waals surface area (Å²) in [5.74, 6) is -0.999. The number of aryl methyl sites for hydroxylation is 1. The van der Waals surface area contributed by atoms with E-state index >= 15 is 0 Å². The highest BCUT2D eigenvalue weighted by Crippen LogP contribution is 2.46. The molecule has 1 saturated heterocycles. The number of H-pyrrole nitrogens is 4. The van der Waals surface area contributed by atoms with Crippen LogP contribution in [0.4, 0.5) is 27.9 Å². The molecule has 20 aromatic rings. The molecule has 0 unspecified atom stereocenters. The van der Waals surface area contributed by atoms with Gasteiger partial charge in [-0.25, -0.2) is 76.8 Å². The summed E-state index contributed by atoms with van der Waals surface area (Å²) in [5, 5.41) is 7.68. The molecule has 0 radical (unpaired) electrons. The second kappa shape index (κ2) is 39.4. The molecule has 3 aliphatic carbocycles. The third kappa shape index (κ3) is 18.5. The Morgan fingerprint density at radius 1 is 0.343 bits per heavy atom. The van der Waals surface area contributed by atoms with Gasteiger partial charge in [0, 0.05) is 157 Å². The zero-order chi connectivity index (χ0) is 91.0. The van der Waals surface area contributed by atoms with Crippen molar-refractivity contribution in [1.82, 2.24) is 103 Å². The van der Waals surface area contributed by atoms with Crippen LogP contribution in [-0.2, 0) is 6.54 Å². The molecular formula is C106H99F5N22O. The number of nitrogens with two attached hydrogens (primary N) is 1. The summed E-state index contributed by atoms with van der Waals surface area (Å²) < 4.78 is 83.6. The number of imidazole rings is 5. The highest BCUT2D eigenvalue weighted by atomic mass is 19.1. The highest BCUT2D eigenvalue weighted by Gasteiger charge is 2.31. The molecule has 4 aliphatic rings. The first-order valence-corrected chi connectivity index (χ1v) is 46.0. The number of anilines is 1. The van der Waals surface area contributed by atoms with E-state index in [0.29, 0.717) is 30.7 Å². The van der Waals surface area contributed by atoms with Gasteiger partial charge in [0.05, 0.1) is 113 Å². The number of rotatable bonds is 16. The Balaban J connectivity index is 0.000000104. The number of nitrogen functional groups attached to an aromatic ring is 1. The van der Waals surface area contributed by atoms with Crippen molar-refractivity contribution < 1.29 is 26.4 Å². The first-order valence-electron chi connectivity index (χ1n) is 46.0. The molecule has 0 bridgehead atoms. The smallest absolute Gasteiger partial charge is 0.220 e. The summed E-state index contributed by atoms with van der Waals surface area (Å²) in [7, 11) is 0. The predicted molar refractivity (Wildman–Crippen MR) is 514 cm³/mol. The van der Waals surface area contributed by atoms with Crippen molar-refractivity contribution >= 4 is 50.1 Å². The quantitative estimate of drug-likeness (QED) is 0.0491. The molecule has 1 aliphatic heterocycles. The molecule has 16 heterocycles. The van der Waals surface area contributed by atoms with Gasteiger partial charge in [0.15, 0.2) is 0 Å². The third-order valence-corrected chi connectivity index (χ3v) is 26.1. The van der Waals surface area contributed by atoms with Crippen LogP contribution in [-0.4, -0.2) is 111 Å². The number of aromatic amines is 4. The molecule has 3 saturated carbocycles. The van der Waals surface area contributed by atoms with E-state index in [4.69, 9.17) is 25.1 Å². The van der Waals surface area contributed by atoms with Gasteiger partial charge in [-0.3, -0.25) is 0 Å². The molecule has 7 N–H and O–H groups in total. The van der Waals surface area contributed by atoms with E-state index in [1.165, 1.54) is 144 Å². The Labute approximate surface area is 769 Å². The molecule has 5 aromatic carbocycles. The topological polar surface area (TPSA) is 281 Å². The van der Waals surface area contributed by atoms with Crippen molar-refractivity contribution in [2.75, 3.05) is 18.8 Å². The summed E-state index contributed by atoms with van der Waals surface area (Å²) in [6.07, 6.45) is 48.0. The van der Waals surface area contributed by atoms with Crippen molar-refractivity contribution in [2.24, 2.45) is 0 Å². The van der Waals surface area contributed by atoms with Crippen LogP contribution in [0.3, 0.4) is 0 Å². The number of aromatic nitrogens is 20. The van der Waals surface area contributed by atoms with Gasteiger partial charge >= 0.3 is 0 Å². The van der Waals surface area contributed by atoms with Gasteiger partial charge in [-0.05, 0) is 253 Å². The summed E-state index contributed by atoms with van der Waals surface area (Å²) in [4.78, 5) is 62.6. The van der Waals surface area contributed by atoms with E-state index in [2.05, 4.69) is 112 Å². The van der Waals surface area contributed by atoms with E-state index in [1.807, 2.05) is 130 Å². The van der Waals surface area contributed by atoms with Crippen molar-refractivity contribution in [3.8, 4) is 113 Å². The monoisotopic (exact) mass is 1790 g/mol. The number of piperidine rings is 1. The highest BCUT2D eigenvalue weighted by molar-refractivity contribution is 6.00. The van der Waals surface area contributed by atoms with Crippen molar-refractivity contribution in [1.29, 1.82) is 0 Å². The fraction of sp³-hybridized carbons (Fsp3) is 0.236. The van der Waals surface area contributed by atoms with Gasteiger partial charge in [0.25, 0.3) is 0 Å². The standard InChI is InChI=1S/C23H23FN4.C22H21FN4.C21H20FN5.C21H15FN4O.C19H20FN5/c1-15-13-20-19(11-12-25-23(20)27-15)22-21(16-7-9-17(24)10-8-16)26-14-28(22)18-5-3-2-4-6-18;23-16-8-6-15(7-9-16)20-21(18-10-12-24-22-19(18)11-13-25-22)27(14-26-20)17-4-2-1-3-5-17;22-15-3-1-14(2-4-15)19-20(17-7-11-24-21-18(17)8-12-25-21)27(13-26-19)16-5-9-23-10-6-16;22-16-3-1-15(2-4-16)19-20(17-5-8-23-21-18(17)6-9-24-21)26(13-25-19)11-14-7-10-27-12-14;20-14-8-6-13(7-9-14)17-18(16-10-11-22-19(21)24-16)25(12-23-17)15-4-2-1-3-5-15/h7-14,18H,2-6H2,1H3,(H,25,27);6-14,17H,1-5H2,(H,24,25);1-4,7-8,11-13,16,23H,5-6,9-10H2,(H,24,25);1-10,12-13H,11H2,(H,23,24);6-12,15H,1-5H2,(H2,21,22,24). The van der Waals surface area contributed by atoms with Gasteiger partial charge < -0.3 is 58.2 Å². The van der Waals surface area contributed by atoms with E-state index in [1.54, 1.807) is 67.6 Å². The SMILES string of the molecule is Cc1cc2c(-c3c(-c4ccc(F)cc4)ncn3C3CCCCC3)ccnc2[nH]1.Fc1ccc(-c2ncn(C3CCCCC3)c2-c2ccnc3[nH]ccc23)cc1.Fc1ccc(-c2ncn(C3CCNCC3)c2-c2ccnc3[nH]ccc23)cc1.Fc1ccc(-c2ncn(Cc3ccoc3)c2-c2ccnc3[nH]ccc23)cc1.Nc1nccc(-c2c(-c3ccc(F)cc3)ncn2C2CCCCC2)n1. The van der Waals surface area contributed by atoms with Crippen LogP contribution in [0.5, 0.6) is 0 Å². The Bertz CT molecular complexity index is 7180. The molecule has 24 rings (SSSR count). The third-order valence-electron chi connectivity index (χ3n) is 26.1. The summed E-state index contributed by atoms with van der Waals surface area (Å²) >= 11 is 0. The molecule has 28 heteroatoms. The molecule has 134 heavy (non-hydrogen) atoms. The van der Waals surface area contributed by atoms with Crippen molar-refractivity contribution in [3.63, 3.8) is 0 Å². The van der Waals surface area contributed by atoms with Crippen LogP contribution >= 0.6 is 0 Å². The van der Waals surface area contributed by atoms with Crippen LogP contribution in [0.2, 0.25) is 0 Å². The molecule has 0 amide bonds. The lowest BCUT2D eigenvalue weighted by Gasteiger charge is -2.26. The first-order chi connectivity index (χ1) is 65.8. The Morgan fingerprint density at radius 3 is 1.06 bits per heavy atom. The number of nitrogens with one attached hydrogen (secondary N) is 5. The zero-order valence-electron chi connectivity index (χ0n) is 74.0. The molecule has 23 nitrogen and oxygen atoms in total. The first kappa shape index (κ1) is 86.7. The van der Waals surface area contributed by atoms with Gasteiger partial charge in [-0.1, -0.05) is 57.8 Å². The summed E-state index contributed by atoms with van der Waals surface area (Å²) in [6, 6.07) is 54.5. The number of fused-ring (bicyclic) bond motifs is 4. The molecule has 4 fully saturated rings. The Kier molecular flexibility index (Phi) is 25.5. The number of hydrogen-bond donors (Lipinski definition) is 6. The van der Waals surface area contributed by atoms with Gasteiger partial charge in [0.1, 0.15) is 51.7 Å². The number of pyridine rings is 4. The van der Waals surface area contributed by atoms with Gasteiger partial charge in [-0.15, -0.1) is 0 Å². The van der Waals surface area contributed by atoms with E-state index in [9.17, 15) is 22.0 Å². The Hall–Kier alpha value is -15.3. The number of halogens is 5. The second-order valence-electron chi connectivity index (χ2n) is 34.7. The van der Waals surface area contributed by atoms with Crippen LogP contribution in [0.15, 0.2) is 280 Å².